The Morgan fingerprint density at radius 2 is 1.83 bits per heavy atom. The van der Waals surface area contributed by atoms with Gasteiger partial charge < -0.3 is 10.6 Å². The van der Waals surface area contributed by atoms with Crippen LogP contribution in [0.3, 0.4) is 0 Å². The molecule has 6 heteroatoms. The van der Waals surface area contributed by atoms with Crippen LogP contribution in [0.2, 0.25) is 0 Å². The highest BCUT2D eigenvalue weighted by Gasteiger charge is 2.40. The maximum Gasteiger partial charge on any atom is 0.191 e. The lowest BCUT2D eigenvalue weighted by Gasteiger charge is -2.27. The smallest absolute Gasteiger partial charge is 0.191 e. The molecule has 3 saturated carbocycles. The van der Waals surface area contributed by atoms with Crippen LogP contribution in [0.4, 0.5) is 0 Å². The van der Waals surface area contributed by atoms with Crippen molar-refractivity contribution < 1.29 is 8.42 Å². The van der Waals surface area contributed by atoms with Crippen LogP contribution in [0.15, 0.2) is 4.99 Å². The molecule has 2 bridgehead atoms. The number of guanidine groups is 1. The molecule has 4 unspecified atom stereocenters. The molecule has 1 aliphatic heterocycles. The van der Waals surface area contributed by atoms with E-state index in [1.807, 2.05) is 0 Å². The molecule has 1 saturated heterocycles. The average molecular weight is 354 g/mol. The highest BCUT2D eigenvalue weighted by atomic mass is 32.2. The van der Waals surface area contributed by atoms with Crippen molar-refractivity contribution in [3.8, 4) is 0 Å². The Labute approximate surface area is 146 Å². The number of rotatable bonds is 4. The highest BCUT2D eigenvalue weighted by molar-refractivity contribution is 7.91. The van der Waals surface area contributed by atoms with E-state index in [9.17, 15) is 8.42 Å². The molecular formula is C18H31N3O2S. The van der Waals surface area contributed by atoms with Crippen LogP contribution in [0.5, 0.6) is 0 Å². The van der Waals surface area contributed by atoms with E-state index < -0.39 is 9.84 Å². The first-order chi connectivity index (χ1) is 11.6. The molecule has 4 rings (SSSR count). The fourth-order valence-electron chi connectivity index (χ4n) is 5.23. The van der Waals surface area contributed by atoms with E-state index in [1.54, 1.807) is 0 Å². The normalized spacial score (nSPS) is 38.8. The Balaban J connectivity index is 1.38. The minimum atomic E-state index is -2.81. The number of aliphatic imine (C=N–C) groups is 1. The number of nitrogens with one attached hydrogen (secondary N) is 2. The minimum absolute atomic E-state index is 0.206. The number of sulfone groups is 1. The van der Waals surface area contributed by atoms with Gasteiger partial charge in [0.1, 0.15) is 0 Å². The van der Waals surface area contributed by atoms with Gasteiger partial charge in [0.25, 0.3) is 0 Å². The second-order valence-electron chi connectivity index (χ2n) is 8.51. The lowest BCUT2D eigenvalue weighted by molar-refractivity contribution is 0.385. The number of fused-ring (bicyclic) bond motifs is 2. The van der Waals surface area contributed by atoms with Gasteiger partial charge in [-0.25, -0.2) is 8.42 Å². The predicted octanol–water partition coefficient (Wildman–Crippen LogP) is 2.09. The molecule has 0 aromatic rings. The molecule has 2 N–H and O–H groups in total. The average Bonchev–Trinajstić information content (AvgIpc) is 3.29. The molecule has 24 heavy (non-hydrogen) atoms. The zero-order valence-electron chi connectivity index (χ0n) is 14.5. The van der Waals surface area contributed by atoms with Crippen LogP contribution in [0.1, 0.15) is 57.8 Å². The SMILES string of the molecule is O=S1(=O)CCC(CN=C(NC2CCCC2)NC2CC3CCC2C3)C1. The fourth-order valence-corrected chi connectivity index (χ4v) is 7.08. The second kappa shape index (κ2) is 6.85. The van der Waals surface area contributed by atoms with Crippen LogP contribution < -0.4 is 10.6 Å². The molecule has 4 aliphatic rings. The third-order valence-electron chi connectivity index (χ3n) is 6.59. The molecule has 136 valence electrons. The maximum absolute atomic E-state index is 11.6. The summed E-state index contributed by atoms with van der Waals surface area (Å²) < 4.78 is 23.3. The van der Waals surface area contributed by atoms with Crippen molar-refractivity contribution in [3.63, 3.8) is 0 Å². The van der Waals surface area contributed by atoms with Crippen LogP contribution in [-0.4, -0.2) is 44.5 Å². The quantitative estimate of drug-likeness (QED) is 0.600. The van der Waals surface area contributed by atoms with Gasteiger partial charge in [-0.05, 0) is 56.3 Å². The lowest BCUT2D eigenvalue weighted by Crippen LogP contribution is -2.48. The number of hydrogen-bond donors (Lipinski definition) is 2. The summed E-state index contributed by atoms with van der Waals surface area (Å²) >= 11 is 0. The van der Waals surface area contributed by atoms with Crippen molar-refractivity contribution in [2.75, 3.05) is 18.1 Å². The maximum atomic E-state index is 11.6. The van der Waals surface area contributed by atoms with Gasteiger partial charge in [0.05, 0.1) is 11.5 Å². The minimum Gasteiger partial charge on any atom is -0.354 e. The summed E-state index contributed by atoms with van der Waals surface area (Å²) in [5, 5.41) is 7.34. The zero-order valence-corrected chi connectivity index (χ0v) is 15.4. The summed E-state index contributed by atoms with van der Waals surface area (Å²) in [6, 6.07) is 1.12. The third-order valence-corrected chi connectivity index (χ3v) is 8.43. The van der Waals surface area contributed by atoms with Crippen molar-refractivity contribution in [2.24, 2.45) is 22.7 Å². The van der Waals surface area contributed by atoms with E-state index in [4.69, 9.17) is 4.99 Å². The summed E-state index contributed by atoms with van der Waals surface area (Å²) in [6.07, 6.45) is 11.3. The van der Waals surface area contributed by atoms with Crippen LogP contribution in [0, 0.1) is 17.8 Å². The topological polar surface area (TPSA) is 70.6 Å². The number of hydrogen-bond acceptors (Lipinski definition) is 3. The van der Waals surface area contributed by atoms with Gasteiger partial charge in [0, 0.05) is 18.6 Å². The van der Waals surface area contributed by atoms with Gasteiger partial charge in [0.15, 0.2) is 15.8 Å². The Hall–Kier alpha value is -0.780. The summed E-state index contributed by atoms with van der Waals surface area (Å²) in [4.78, 5) is 4.81. The summed E-state index contributed by atoms with van der Waals surface area (Å²) in [5.41, 5.74) is 0. The Morgan fingerprint density at radius 1 is 1.00 bits per heavy atom. The van der Waals surface area contributed by atoms with Gasteiger partial charge in [-0.2, -0.15) is 0 Å². The molecule has 4 atom stereocenters. The molecule has 4 fully saturated rings. The van der Waals surface area contributed by atoms with Crippen molar-refractivity contribution in [1.82, 2.24) is 10.6 Å². The van der Waals surface area contributed by atoms with Gasteiger partial charge in [-0.15, -0.1) is 0 Å². The molecule has 0 amide bonds. The molecule has 0 aromatic heterocycles. The molecule has 5 nitrogen and oxygen atoms in total. The summed E-state index contributed by atoms with van der Waals surface area (Å²) in [7, 11) is -2.81. The molecule has 1 heterocycles. The monoisotopic (exact) mass is 353 g/mol. The van der Waals surface area contributed by atoms with Crippen molar-refractivity contribution in [1.29, 1.82) is 0 Å². The van der Waals surface area contributed by atoms with Gasteiger partial charge in [0.2, 0.25) is 0 Å². The van der Waals surface area contributed by atoms with Crippen molar-refractivity contribution >= 4 is 15.8 Å². The zero-order chi connectivity index (χ0) is 16.6. The molecule has 0 aromatic carbocycles. The molecule has 0 radical (unpaired) electrons. The van der Waals surface area contributed by atoms with Crippen LogP contribution in [-0.2, 0) is 9.84 Å². The Bertz CT molecular complexity index is 583. The van der Waals surface area contributed by atoms with Gasteiger partial charge in [-0.1, -0.05) is 19.3 Å². The van der Waals surface area contributed by atoms with E-state index in [2.05, 4.69) is 10.6 Å². The van der Waals surface area contributed by atoms with E-state index in [0.29, 0.717) is 30.1 Å². The second-order valence-corrected chi connectivity index (χ2v) is 10.7. The number of nitrogens with zero attached hydrogens (tertiary/aromatic N) is 1. The van der Waals surface area contributed by atoms with Crippen LogP contribution >= 0.6 is 0 Å². The van der Waals surface area contributed by atoms with Crippen molar-refractivity contribution in [2.45, 2.75) is 69.9 Å². The Morgan fingerprint density at radius 3 is 2.46 bits per heavy atom. The molecule has 0 spiro atoms. The van der Waals surface area contributed by atoms with Crippen LogP contribution in [0.25, 0.3) is 0 Å². The highest BCUT2D eigenvalue weighted by Crippen LogP contribution is 2.44. The fraction of sp³-hybridized carbons (Fsp3) is 0.944. The standard InChI is InChI=1S/C18H31N3O2S/c22-24(23)8-7-14(12-24)11-19-18(20-16-3-1-2-4-16)21-17-10-13-5-6-15(17)9-13/h13-17H,1-12H2,(H2,19,20,21). The lowest BCUT2D eigenvalue weighted by atomic mass is 9.95. The van der Waals surface area contributed by atoms with E-state index >= 15 is 0 Å². The van der Waals surface area contributed by atoms with E-state index in [-0.39, 0.29) is 5.92 Å². The summed E-state index contributed by atoms with van der Waals surface area (Å²) in [5.74, 6) is 3.55. The van der Waals surface area contributed by atoms with Crippen molar-refractivity contribution in [3.05, 3.63) is 0 Å². The molecule has 3 aliphatic carbocycles. The third kappa shape index (κ3) is 3.89. The van der Waals surface area contributed by atoms with E-state index in [0.717, 1.165) is 24.2 Å². The first-order valence-electron chi connectivity index (χ1n) is 9.85. The molecular weight excluding hydrogens is 322 g/mol. The first-order valence-corrected chi connectivity index (χ1v) is 11.7. The first kappa shape index (κ1) is 16.7. The summed E-state index contributed by atoms with van der Waals surface area (Å²) in [6.45, 7) is 0.641. The predicted molar refractivity (Wildman–Crippen MR) is 96.8 cm³/mol. The largest absolute Gasteiger partial charge is 0.354 e. The van der Waals surface area contributed by atoms with E-state index in [1.165, 1.54) is 51.4 Å². The van der Waals surface area contributed by atoms with Gasteiger partial charge >= 0.3 is 0 Å². The van der Waals surface area contributed by atoms with Gasteiger partial charge in [-0.3, -0.25) is 4.99 Å². The Kier molecular flexibility index (Phi) is 4.76.